The summed E-state index contributed by atoms with van der Waals surface area (Å²) in [7, 11) is -2.09. The van der Waals surface area contributed by atoms with Crippen molar-refractivity contribution < 1.29 is 13.3 Å². The van der Waals surface area contributed by atoms with Gasteiger partial charge in [-0.05, 0) is 6.26 Å². The predicted octanol–water partition coefficient (Wildman–Crippen LogP) is 0.231. The van der Waals surface area contributed by atoms with Gasteiger partial charge in [0.25, 0.3) is 0 Å². The lowest BCUT2D eigenvalue weighted by molar-refractivity contribution is 0.159. The largest absolute Gasteiger partial charge is 0.573 e. The van der Waals surface area contributed by atoms with Gasteiger partial charge in [-0.15, -0.1) is 11.2 Å². The second-order valence-corrected chi connectivity index (χ2v) is 7.01. The maximum absolute atomic E-state index is 5.47. The highest BCUT2D eigenvalue weighted by Gasteiger charge is 2.55. The number of rotatable bonds is 1. The van der Waals surface area contributed by atoms with Gasteiger partial charge in [-0.3, -0.25) is 0 Å². The Morgan fingerprint density at radius 1 is 1.44 bits per heavy atom. The molecule has 0 aliphatic carbocycles. The Labute approximate surface area is 58.7 Å². The van der Waals surface area contributed by atoms with E-state index in [1.54, 1.807) is 11.2 Å². The summed E-state index contributed by atoms with van der Waals surface area (Å²) in [6, 6.07) is 0. The summed E-state index contributed by atoms with van der Waals surface area (Å²) in [6.45, 7) is 1.49. The summed E-state index contributed by atoms with van der Waals surface area (Å²) in [6.07, 6.45) is 2.21. The van der Waals surface area contributed by atoms with Crippen LogP contribution in [0.4, 0.5) is 0 Å². The van der Waals surface area contributed by atoms with Crippen molar-refractivity contribution in [2.75, 3.05) is 19.5 Å². The van der Waals surface area contributed by atoms with Crippen molar-refractivity contribution in [2.24, 2.45) is 0 Å². The van der Waals surface area contributed by atoms with E-state index >= 15 is 0 Å². The molecule has 0 radical (unpaired) electrons. The average Bonchev–Trinajstić information content (AvgIpc) is 2.46. The standard InChI is InChI=1S/C4H8O3SSi/c1-8-9-5-2-4(7-9)3-6-9/h4H,2-3H2,1H3. The van der Waals surface area contributed by atoms with Crippen LogP contribution in [0.1, 0.15) is 0 Å². The molecule has 2 aliphatic heterocycles. The molecular weight excluding hydrogens is 156 g/mol. The molecule has 0 saturated carbocycles. The molecular formula is C4H8O3SSi. The maximum atomic E-state index is 5.47. The third-order valence-electron chi connectivity index (χ3n) is 1.45. The lowest BCUT2D eigenvalue weighted by Crippen LogP contribution is -2.34. The molecule has 0 unspecified atom stereocenters. The van der Waals surface area contributed by atoms with Crippen molar-refractivity contribution in [1.29, 1.82) is 0 Å². The molecule has 52 valence electrons. The van der Waals surface area contributed by atoms with Crippen molar-refractivity contribution in [2.45, 2.75) is 6.10 Å². The Kier molecular flexibility index (Phi) is 1.35. The van der Waals surface area contributed by atoms with Crippen molar-refractivity contribution in [3.8, 4) is 0 Å². The van der Waals surface area contributed by atoms with Gasteiger partial charge in [0.05, 0.1) is 19.3 Å². The second-order valence-electron chi connectivity index (χ2n) is 2.07. The van der Waals surface area contributed by atoms with Gasteiger partial charge in [0.15, 0.2) is 0 Å². The van der Waals surface area contributed by atoms with Crippen LogP contribution in [0.2, 0.25) is 0 Å². The molecule has 0 aromatic carbocycles. The fourth-order valence-electron chi connectivity index (χ4n) is 0.986. The fraction of sp³-hybridized carbons (Fsp3) is 1.00. The average molecular weight is 164 g/mol. The van der Waals surface area contributed by atoms with E-state index < -0.39 is 7.95 Å². The molecule has 2 fully saturated rings. The van der Waals surface area contributed by atoms with E-state index in [9.17, 15) is 0 Å². The van der Waals surface area contributed by atoms with E-state index in [4.69, 9.17) is 13.3 Å². The van der Waals surface area contributed by atoms with Gasteiger partial charge in [-0.2, -0.15) is 0 Å². The monoisotopic (exact) mass is 164 g/mol. The minimum atomic E-state index is -2.09. The van der Waals surface area contributed by atoms with Crippen LogP contribution in [0.5, 0.6) is 0 Å². The summed E-state index contributed by atoms with van der Waals surface area (Å²) in [4.78, 5) is 0. The topological polar surface area (TPSA) is 27.7 Å². The highest BCUT2D eigenvalue weighted by atomic mass is 32.4. The summed E-state index contributed by atoms with van der Waals surface area (Å²) in [5.41, 5.74) is 0. The Balaban J connectivity index is 2.13. The molecule has 3 nitrogen and oxygen atoms in total. The van der Waals surface area contributed by atoms with Crippen molar-refractivity contribution in [3.63, 3.8) is 0 Å². The summed E-state index contributed by atoms with van der Waals surface area (Å²) in [5.74, 6) is 0. The Morgan fingerprint density at radius 2 is 2.11 bits per heavy atom. The number of hydrogen-bond acceptors (Lipinski definition) is 4. The van der Waals surface area contributed by atoms with E-state index in [1.165, 1.54) is 0 Å². The van der Waals surface area contributed by atoms with Gasteiger partial charge in [-0.1, -0.05) is 0 Å². The molecule has 2 bridgehead atoms. The van der Waals surface area contributed by atoms with Crippen LogP contribution in [-0.4, -0.2) is 33.5 Å². The Bertz CT molecular complexity index is 123. The smallest absolute Gasteiger partial charge is 0.363 e. The van der Waals surface area contributed by atoms with Gasteiger partial charge >= 0.3 is 7.95 Å². The van der Waals surface area contributed by atoms with Gasteiger partial charge in [0, 0.05) is 0 Å². The van der Waals surface area contributed by atoms with Gasteiger partial charge in [-0.25, -0.2) is 0 Å². The molecule has 0 aromatic heterocycles. The van der Waals surface area contributed by atoms with Crippen LogP contribution in [0.15, 0.2) is 0 Å². The number of fused-ring (bicyclic) bond motifs is 2. The lowest BCUT2D eigenvalue weighted by atomic mass is 10.4. The molecule has 0 amide bonds. The van der Waals surface area contributed by atoms with Crippen LogP contribution >= 0.6 is 11.2 Å². The van der Waals surface area contributed by atoms with Crippen molar-refractivity contribution >= 4 is 19.2 Å². The molecule has 0 N–H and O–H groups in total. The first kappa shape index (κ1) is 6.18. The summed E-state index contributed by atoms with van der Waals surface area (Å²) in [5, 5.41) is 0. The van der Waals surface area contributed by atoms with E-state index in [-0.39, 0.29) is 6.10 Å². The van der Waals surface area contributed by atoms with Gasteiger partial charge in [0.1, 0.15) is 0 Å². The van der Waals surface area contributed by atoms with E-state index in [0.29, 0.717) is 0 Å². The zero-order valence-corrected chi connectivity index (χ0v) is 6.94. The normalized spacial score (nSPS) is 48.3. The molecule has 2 heterocycles. The van der Waals surface area contributed by atoms with E-state index in [1.807, 2.05) is 6.26 Å². The first-order valence-electron chi connectivity index (χ1n) is 2.85. The van der Waals surface area contributed by atoms with Crippen molar-refractivity contribution in [1.82, 2.24) is 0 Å². The Hall–Kier alpha value is 0.447. The molecule has 0 spiro atoms. The molecule has 2 aliphatic rings. The van der Waals surface area contributed by atoms with E-state index in [2.05, 4.69) is 0 Å². The van der Waals surface area contributed by atoms with Gasteiger partial charge in [0.2, 0.25) is 0 Å². The summed E-state index contributed by atoms with van der Waals surface area (Å²) < 4.78 is 16.2. The molecule has 2 saturated heterocycles. The van der Waals surface area contributed by atoms with Crippen LogP contribution in [-0.2, 0) is 13.3 Å². The predicted molar refractivity (Wildman–Crippen MR) is 36.0 cm³/mol. The van der Waals surface area contributed by atoms with E-state index in [0.717, 1.165) is 13.2 Å². The number of hydrogen-bond donors (Lipinski definition) is 0. The van der Waals surface area contributed by atoms with Crippen LogP contribution in [0.3, 0.4) is 0 Å². The lowest BCUT2D eigenvalue weighted by Gasteiger charge is -2.15. The molecule has 0 aromatic rings. The highest BCUT2D eigenvalue weighted by molar-refractivity contribution is 8.26. The third kappa shape index (κ3) is 0.840. The summed E-state index contributed by atoms with van der Waals surface area (Å²) >= 11 is 1.59. The first-order valence-corrected chi connectivity index (χ1v) is 6.53. The first-order chi connectivity index (χ1) is 4.35. The highest BCUT2D eigenvalue weighted by Crippen LogP contribution is 2.35. The van der Waals surface area contributed by atoms with Crippen LogP contribution in [0, 0.1) is 0 Å². The maximum Gasteiger partial charge on any atom is 0.573 e. The zero-order chi connectivity index (χ0) is 6.32. The zero-order valence-electron chi connectivity index (χ0n) is 5.12. The quantitative estimate of drug-likeness (QED) is 0.519. The fourth-order valence-corrected chi connectivity index (χ4v) is 4.67. The Morgan fingerprint density at radius 3 is 2.33 bits per heavy atom. The van der Waals surface area contributed by atoms with Crippen LogP contribution in [0.25, 0.3) is 0 Å². The van der Waals surface area contributed by atoms with Gasteiger partial charge < -0.3 is 13.3 Å². The second kappa shape index (κ2) is 1.96. The molecule has 9 heavy (non-hydrogen) atoms. The molecule has 2 rings (SSSR count). The SMILES string of the molecule is CS[Si]12OCC(CO1)O2. The third-order valence-corrected chi connectivity index (χ3v) is 6.11. The minimum absolute atomic E-state index is 0.240. The van der Waals surface area contributed by atoms with Crippen LogP contribution < -0.4 is 0 Å². The molecule has 0 atom stereocenters. The van der Waals surface area contributed by atoms with Crippen molar-refractivity contribution in [3.05, 3.63) is 0 Å². The minimum Gasteiger partial charge on any atom is -0.363 e. The molecule has 5 heteroatoms.